The Hall–Kier alpha value is -1.63. The number of aliphatic hydroxyl groups excluding tert-OH is 1. The number of carbonyl (C=O) groups is 3. The van der Waals surface area contributed by atoms with Gasteiger partial charge in [-0.15, -0.1) is 0 Å². The summed E-state index contributed by atoms with van der Waals surface area (Å²) in [4.78, 5) is 28.3. The van der Waals surface area contributed by atoms with Crippen molar-refractivity contribution < 1.29 is 34.8 Å². The highest BCUT2D eigenvalue weighted by atomic mass is 16.4. The first-order chi connectivity index (χ1) is 10.5. The van der Waals surface area contributed by atoms with Crippen LogP contribution >= 0.6 is 0 Å². The molecule has 23 heavy (non-hydrogen) atoms. The van der Waals surface area contributed by atoms with Crippen LogP contribution in [0.3, 0.4) is 0 Å². The fourth-order valence-electron chi connectivity index (χ4n) is 2.37. The van der Waals surface area contributed by atoms with Gasteiger partial charge in [0.05, 0.1) is 18.9 Å². The van der Waals surface area contributed by atoms with Gasteiger partial charge >= 0.3 is 11.9 Å². The molecule has 3 atom stereocenters. The normalized spacial score (nSPS) is 23.0. The molecule has 1 aliphatic carbocycles. The fourth-order valence-corrected chi connectivity index (χ4v) is 2.37. The van der Waals surface area contributed by atoms with Gasteiger partial charge < -0.3 is 20.4 Å². The fraction of sp³-hybridized carbons (Fsp3) is 0.812. The maximum absolute atomic E-state index is 9.71. The molecule has 1 saturated carbocycles. The van der Waals surface area contributed by atoms with Gasteiger partial charge in [0, 0.05) is 6.92 Å². The van der Waals surface area contributed by atoms with Crippen LogP contribution in [0.4, 0.5) is 0 Å². The largest absolute Gasteiger partial charge is 0.481 e. The van der Waals surface area contributed by atoms with Crippen molar-refractivity contribution in [2.75, 3.05) is 0 Å². The maximum Gasteiger partial charge on any atom is 0.303 e. The Balaban J connectivity index is 0. The average molecular weight is 334 g/mol. The number of rotatable bonds is 4. The average Bonchev–Trinajstić information content (AvgIpc) is 2.35. The van der Waals surface area contributed by atoms with E-state index in [2.05, 4.69) is 20.8 Å². The van der Waals surface area contributed by atoms with Crippen LogP contribution in [0.2, 0.25) is 0 Å². The lowest BCUT2D eigenvalue weighted by atomic mass is 9.75. The molecule has 0 aromatic rings. The minimum Gasteiger partial charge on any atom is -0.481 e. The van der Waals surface area contributed by atoms with Gasteiger partial charge in [-0.2, -0.15) is 0 Å². The third-order valence-electron chi connectivity index (χ3n) is 3.54. The molecule has 136 valence electrons. The quantitative estimate of drug-likeness (QED) is 0.620. The highest BCUT2D eigenvalue weighted by molar-refractivity contribution is 5.75. The maximum atomic E-state index is 9.71. The molecule has 1 aliphatic rings. The molecule has 1 rings (SSSR count). The smallest absolute Gasteiger partial charge is 0.303 e. The second-order valence-corrected chi connectivity index (χ2v) is 6.20. The van der Waals surface area contributed by atoms with E-state index < -0.39 is 17.9 Å². The van der Waals surface area contributed by atoms with E-state index in [4.69, 9.17) is 20.1 Å². The van der Waals surface area contributed by atoms with E-state index in [9.17, 15) is 14.7 Å². The zero-order chi connectivity index (χ0) is 18.6. The number of hydrogen-bond acceptors (Lipinski definition) is 4. The van der Waals surface area contributed by atoms with E-state index in [-0.39, 0.29) is 18.9 Å². The number of hydrogen-bond donors (Lipinski definition) is 4. The predicted octanol–water partition coefficient (Wildman–Crippen LogP) is 2.47. The van der Waals surface area contributed by atoms with Crippen molar-refractivity contribution in [3.8, 4) is 0 Å². The summed E-state index contributed by atoms with van der Waals surface area (Å²) in [5.41, 5.74) is 0. The van der Waals surface area contributed by atoms with Gasteiger partial charge in [0.25, 0.3) is 5.97 Å². The molecule has 3 unspecified atom stereocenters. The van der Waals surface area contributed by atoms with Crippen LogP contribution < -0.4 is 0 Å². The van der Waals surface area contributed by atoms with Crippen LogP contribution in [0.1, 0.15) is 59.8 Å². The number of carboxylic acids is 3. The van der Waals surface area contributed by atoms with Crippen molar-refractivity contribution in [2.45, 2.75) is 65.9 Å². The van der Waals surface area contributed by atoms with Crippen LogP contribution in [-0.2, 0) is 14.4 Å². The third-order valence-corrected chi connectivity index (χ3v) is 3.54. The minimum absolute atomic E-state index is 0.0289. The molecule has 0 radical (unpaired) electrons. The molecule has 4 N–H and O–H groups in total. The monoisotopic (exact) mass is 334 g/mol. The molecule has 0 aliphatic heterocycles. The van der Waals surface area contributed by atoms with Crippen LogP contribution in [0.25, 0.3) is 0 Å². The van der Waals surface area contributed by atoms with Gasteiger partial charge in [-0.1, -0.05) is 27.2 Å². The molecular formula is C16H30O7. The Kier molecular flexibility index (Phi) is 13.2. The summed E-state index contributed by atoms with van der Waals surface area (Å²) in [5, 5.41) is 32.9. The summed E-state index contributed by atoms with van der Waals surface area (Å²) in [6, 6.07) is 0. The highest BCUT2D eigenvalue weighted by Crippen LogP contribution is 2.33. The van der Waals surface area contributed by atoms with E-state index in [1.807, 2.05) is 0 Å². The Morgan fingerprint density at radius 2 is 1.39 bits per heavy atom. The van der Waals surface area contributed by atoms with Crippen molar-refractivity contribution in [3.05, 3.63) is 0 Å². The molecule has 0 heterocycles. The molecule has 0 bridgehead atoms. The van der Waals surface area contributed by atoms with Crippen LogP contribution in [0, 0.1) is 17.8 Å². The highest BCUT2D eigenvalue weighted by Gasteiger charge is 2.28. The van der Waals surface area contributed by atoms with E-state index in [1.54, 1.807) is 0 Å². The van der Waals surface area contributed by atoms with Gasteiger partial charge in [-0.05, 0) is 30.6 Å². The molecule has 0 aromatic heterocycles. The molecule has 1 fully saturated rings. The molecule has 0 amide bonds. The molecule has 0 spiro atoms. The lowest BCUT2D eigenvalue weighted by Crippen LogP contribution is -2.31. The summed E-state index contributed by atoms with van der Waals surface area (Å²) in [7, 11) is 0. The van der Waals surface area contributed by atoms with Crippen molar-refractivity contribution in [1.82, 2.24) is 0 Å². The first-order valence-electron chi connectivity index (χ1n) is 7.78. The molecular weight excluding hydrogens is 304 g/mol. The summed E-state index contributed by atoms with van der Waals surface area (Å²) in [6.45, 7) is 7.74. The van der Waals surface area contributed by atoms with Gasteiger partial charge in [-0.25, -0.2) is 0 Å². The van der Waals surface area contributed by atoms with Crippen molar-refractivity contribution >= 4 is 17.9 Å². The van der Waals surface area contributed by atoms with Crippen LogP contribution in [0.5, 0.6) is 0 Å². The molecule has 0 aromatic carbocycles. The second-order valence-electron chi connectivity index (χ2n) is 6.20. The molecule has 7 nitrogen and oxygen atoms in total. The Morgan fingerprint density at radius 3 is 1.65 bits per heavy atom. The molecule has 7 heteroatoms. The Bertz CT molecular complexity index is 347. The number of aliphatic hydroxyl groups is 1. The third kappa shape index (κ3) is 16.6. The second kappa shape index (κ2) is 12.9. The summed E-state index contributed by atoms with van der Waals surface area (Å²) >= 11 is 0. The summed E-state index contributed by atoms with van der Waals surface area (Å²) in [6.07, 6.45) is 2.92. The first-order valence-corrected chi connectivity index (χ1v) is 7.78. The predicted molar refractivity (Wildman–Crippen MR) is 85.2 cm³/mol. The minimum atomic E-state index is -1.08. The number of aliphatic carboxylic acids is 3. The lowest BCUT2D eigenvalue weighted by Gasteiger charge is -2.33. The first kappa shape index (κ1) is 23.6. The van der Waals surface area contributed by atoms with Crippen LogP contribution in [-0.4, -0.2) is 44.4 Å². The van der Waals surface area contributed by atoms with E-state index >= 15 is 0 Å². The number of carboxylic acid groups (broad SMARTS) is 3. The van der Waals surface area contributed by atoms with E-state index in [0.717, 1.165) is 19.3 Å². The van der Waals surface area contributed by atoms with Gasteiger partial charge in [-0.3, -0.25) is 14.4 Å². The van der Waals surface area contributed by atoms with E-state index in [0.29, 0.717) is 11.8 Å². The summed E-state index contributed by atoms with van der Waals surface area (Å²) < 4.78 is 0. The molecule has 0 saturated heterocycles. The van der Waals surface area contributed by atoms with E-state index in [1.165, 1.54) is 12.8 Å². The Morgan fingerprint density at radius 1 is 1.00 bits per heavy atom. The van der Waals surface area contributed by atoms with Gasteiger partial charge in [0.1, 0.15) is 0 Å². The van der Waals surface area contributed by atoms with Crippen molar-refractivity contribution in [3.63, 3.8) is 0 Å². The zero-order valence-corrected chi connectivity index (χ0v) is 14.4. The van der Waals surface area contributed by atoms with Crippen LogP contribution in [0.15, 0.2) is 0 Å². The standard InChI is InChI=1S/C10H20O.C4H6O4.C2H4O2/c1-7(2)9-5-4-8(3)6-10(9)11;5-3(6)1-2-4(7)8;1-2(3)4/h7-11H,4-6H2,1-3H3;1-2H2,(H,5,6)(H,7,8);1H3,(H,3,4). The topological polar surface area (TPSA) is 132 Å². The van der Waals surface area contributed by atoms with Crippen molar-refractivity contribution in [2.24, 2.45) is 17.8 Å². The van der Waals surface area contributed by atoms with Gasteiger partial charge in [0.15, 0.2) is 0 Å². The van der Waals surface area contributed by atoms with Gasteiger partial charge in [0.2, 0.25) is 0 Å². The Labute approximate surface area is 137 Å². The van der Waals surface area contributed by atoms with Crippen molar-refractivity contribution in [1.29, 1.82) is 0 Å². The SMILES string of the molecule is CC(=O)O.CC1CCC(C(C)C)C(O)C1.O=C(O)CCC(=O)O. The summed E-state index contributed by atoms with van der Waals surface area (Å²) in [5.74, 6) is -1.04. The lowest BCUT2D eigenvalue weighted by molar-refractivity contribution is -0.143. The zero-order valence-electron chi connectivity index (χ0n) is 14.4.